The van der Waals surface area contributed by atoms with Crippen LogP contribution in [0.2, 0.25) is 0 Å². The highest BCUT2D eigenvalue weighted by molar-refractivity contribution is 7.13. The smallest absolute Gasteiger partial charge is 0.185 e. The third-order valence-corrected chi connectivity index (χ3v) is 6.52. The van der Waals surface area contributed by atoms with Gasteiger partial charge in [-0.25, -0.2) is 4.98 Å². The van der Waals surface area contributed by atoms with E-state index in [0.717, 1.165) is 31.3 Å². The lowest BCUT2D eigenvalue weighted by Crippen LogP contribution is -2.51. The fourth-order valence-corrected chi connectivity index (χ4v) is 5.17. The van der Waals surface area contributed by atoms with E-state index in [-0.39, 0.29) is 6.17 Å². The molecule has 2 aromatic heterocycles. The minimum absolute atomic E-state index is 0.0942. The summed E-state index contributed by atoms with van der Waals surface area (Å²) >= 11 is 1.69. The van der Waals surface area contributed by atoms with Gasteiger partial charge in [-0.05, 0) is 19.1 Å². The first-order valence-corrected chi connectivity index (χ1v) is 10.7. The predicted octanol–water partition coefficient (Wildman–Crippen LogP) is 3.95. The first kappa shape index (κ1) is 17.7. The summed E-state index contributed by atoms with van der Waals surface area (Å²) in [6.45, 7) is 5.55. The molecule has 1 N–H and O–H groups in total. The lowest BCUT2D eigenvalue weighted by Gasteiger charge is -2.41. The molecule has 4 aromatic rings. The number of nitrogens with zero attached hydrogens (tertiary/aromatic N) is 4. The molecule has 5 rings (SSSR count). The van der Waals surface area contributed by atoms with Crippen LogP contribution in [0.1, 0.15) is 13.1 Å². The molecular weight excluding hydrogens is 368 g/mol. The van der Waals surface area contributed by atoms with E-state index in [2.05, 4.69) is 67.9 Å². The summed E-state index contributed by atoms with van der Waals surface area (Å²) in [5, 5.41) is 16.4. The van der Waals surface area contributed by atoms with Gasteiger partial charge in [-0.2, -0.15) is 0 Å². The van der Waals surface area contributed by atoms with Crippen molar-refractivity contribution in [1.29, 1.82) is 0 Å². The number of para-hydroxylation sites is 2. The molecule has 144 valence electrons. The lowest BCUT2D eigenvalue weighted by atomic mass is 10.2. The second-order valence-corrected chi connectivity index (χ2v) is 8.27. The highest BCUT2D eigenvalue weighted by Crippen LogP contribution is 2.34. The van der Waals surface area contributed by atoms with Crippen molar-refractivity contribution in [3.63, 3.8) is 0 Å². The highest BCUT2D eigenvalue weighted by Gasteiger charge is 2.31. The van der Waals surface area contributed by atoms with Gasteiger partial charge in [-0.1, -0.05) is 36.4 Å². The number of anilines is 1. The molecule has 2 aromatic carbocycles. The SMILES string of the molecule is CC(O)C(N1CCN(c2nccs2)CC1)n1c2ccccc2c2ccccc21. The Kier molecular flexibility index (Phi) is 4.55. The van der Waals surface area contributed by atoms with Crippen molar-refractivity contribution in [2.75, 3.05) is 31.1 Å². The van der Waals surface area contributed by atoms with E-state index >= 15 is 0 Å². The summed E-state index contributed by atoms with van der Waals surface area (Å²) in [6, 6.07) is 17.0. The topological polar surface area (TPSA) is 44.5 Å². The largest absolute Gasteiger partial charge is 0.390 e. The van der Waals surface area contributed by atoms with Gasteiger partial charge in [0.15, 0.2) is 5.13 Å². The van der Waals surface area contributed by atoms with Gasteiger partial charge in [-0.3, -0.25) is 4.90 Å². The Morgan fingerprint density at radius 2 is 1.54 bits per heavy atom. The quantitative estimate of drug-likeness (QED) is 0.571. The number of aliphatic hydroxyl groups is 1. The summed E-state index contributed by atoms with van der Waals surface area (Å²) in [6.07, 6.45) is 1.29. The van der Waals surface area contributed by atoms with Crippen LogP contribution in [-0.4, -0.2) is 51.8 Å². The van der Waals surface area contributed by atoms with Crippen molar-refractivity contribution in [2.45, 2.75) is 19.2 Å². The van der Waals surface area contributed by atoms with Crippen LogP contribution in [0.3, 0.4) is 0 Å². The Labute approximate surface area is 168 Å². The number of hydrogen-bond acceptors (Lipinski definition) is 5. The van der Waals surface area contributed by atoms with E-state index in [0.29, 0.717) is 0 Å². The van der Waals surface area contributed by atoms with Gasteiger partial charge in [-0.15, -0.1) is 11.3 Å². The lowest BCUT2D eigenvalue weighted by molar-refractivity contribution is 0.0194. The summed E-state index contributed by atoms with van der Waals surface area (Å²) in [5.41, 5.74) is 2.36. The summed E-state index contributed by atoms with van der Waals surface area (Å²) in [7, 11) is 0. The van der Waals surface area contributed by atoms with Gasteiger partial charge in [0, 0.05) is 48.5 Å². The number of thiazole rings is 1. The molecule has 1 fully saturated rings. The van der Waals surface area contributed by atoms with Crippen LogP contribution in [0.4, 0.5) is 5.13 Å². The zero-order chi connectivity index (χ0) is 19.1. The normalized spacial score (nSPS) is 18.0. The molecule has 3 heterocycles. The van der Waals surface area contributed by atoms with E-state index in [1.807, 2.05) is 18.5 Å². The van der Waals surface area contributed by atoms with E-state index in [1.54, 1.807) is 11.3 Å². The maximum absolute atomic E-state index is 10.8. The fourth-order valence-electron chi connectivity index (χ4n) is 4.47. The average molecular weight is 393 g/mol. The monoisotopic (exact) mass is 392 g/mol. The molecule has 0 aliphatic carbocycles. The molecule has 0 radical (unpaired) electrons. The number of aromatic nitrogens is 2. The minimum Gasteiger partial charge on any atom is -0.390 e. The van der Waals surface area contributed by atoms with Crippen molar-refractivity contribution >= 4 is 38.3 Å². The van der Waals surface area contributed by atoms with Crippen molar-refractivity contribution in [3.05, 3.63) is 60.1 Å². The molecule has 0 saturated carbocycles. The van der Waals surface area contributed by atoms with Crippen molar-refractivity contribution < 1.29 is 5.11 Å². The molecule has 6 heteroatoms. The molecule has 2 unspecified atom stereocenters. The van der Waals surface area contributed by atoms with Crippen molar-refractivity contribution in [1.82, 2.24) is 14.5 Å². The van der Waals surface area contributed by atoms with E-state index in [4.69, 9.17) is 0 Å². The van der Waals surface area contributed by atoms with E-state index in [9.17, 15) is 5.11 Å². The Bertz CT molecular complexity index is 1030. The van der Waals surface area contributed by atoms with Crippen LogP contribution in [0.5, 0.6) is 0 Å². The van der Waals surface area contributed by atoms with Gasteiger partial charge in [0.25, 0.3) is 0 Å². The number of aliphatic hydroxyl groups excluding tert-OH is 1. The number of hydrogen-bond donors (Lipinski definition) is 1. The predicted molar refractivity (Wildman–Crippen MR) is 116 cm³/mol. The second kappa shape index (κ2) is 7.20. The fraction of sp³-hybridized carbons (Fsp3) is 0.318. The van der Waals surface area contributed by atoms with Crippen LogP contribution >= 0.6 is 11.3 Å². The average Bonchev–Trinajstić information content (AvgIpc) is 3.36. The van der Waals surface area contributed by atoms with Gasteiger partial charge in [0.1, 0.15) is 6.17 Å². The molecule has 5 nitrogen and oxygen atoms in total. The Morgan fingerprint density at radius 1 is 0.929 bits per heavy atom. The van der Waals surface area contributed by atoms with E-state index in [1.165, 1.54) is 21.8 Å². The Balaban J connectivity index is 1.54. The molecule has 28 heavy (non-hydrogen) atoms. The summed E-state index contributed by atoms with van der Waals surface area (Å²) in [5.74, 6) is 0. The molecule has 1 saturated heterocycles. The van der Waals surface area contributed by atoms with Gasteiger partial charge < -0.3 is 14.6 Å². The zero-order valence-corrected chi connectivity index (χ0v) is 16.7. The zero-order valence-electron chi connectivity index (χ0n) is 15.9. The Morgan fingerprint density at radius 3 is 2.07 bits per heavy atom. The maximum atomic E-state index is 10.8. The maximum Gasteiger partial charge on any atom is 0.185 e. The van der Waals surface area contributed by atoms with Crippen LogP contribution in [0, 0.1) is 0 Å². The first-order valence-electron chi connectivity index (χ1n) is 9.78. The number of piperazine rings is 1. The molecule has 0 spiro atoms. The first-order chi connectivity index (χ1) is 13.7. The third-order valence-electron chi connectivity index (χ3n) is 5.69. The van der Waals surface area contributed by atoms with Crippen LogP contribution in [0.25, 0.3) is 21.8 Å². The molecule has 0 amide bonds. The molecule has 0 bridgehead atoms. The van der Waals surface area contributed by atoms with Gasteiger partial charge in [0.2, 0.25) is 0 Å². The highest BCUT2D eigenvalue weighted by atomic mass is 32.1. The van der Waals surface area contributed by atoms with Crippen molar-refractivity contribution in [2.24, 2.45) is 0 Å². The summed E-state index contributed by atoms with van der Waals surface area (Å²) < 4.78 is 2.33. The van der Waals surface area contributed by atoms with Crippen LogP contribution < -0.4 is 4.90 Å². The second-order valence-electron chi connectivity index (χ2n) is 7.40. The van der Waals surface area contributed by atoms with Crippen molar-refractivity contribution in [3.8, 4) is 0 Å². The molecular formula is C22H24N4OS. The molecule has 1 aliphatic heterocycles. The number of fused-ring (bicyclic) bond motifs is 3. The van der Waals surface area contributed by atoms with Gasteiger partial charge in [0.05, 0.1) is 17.1 Å². The molecule has 2 atom stereocenters. The minimum atomic E-state index is -0.481. The standard InChI is InChI=1S/C22H24N4OS/c1-16(27)21(24-11-13-25(14-12-24)22-23-10-15-28-22)26-19-8-4-2-6-17(19)18-7-3-5-9-20(18)26/h2-10,15-16,21,27H,11-14H2,1H3. The number of benzene rings is 2. The third kappa shape index (κ3) is 2.89. The number of rotatable bonds is 4. The van der Waals surface area contributed by atoms with E-state index < -0.39 is 6.10 Å². The van der Waals surface area contributed by atoms with Crippen LogP contribution in [-0.2, 0) is 0 Å². The molecule has 1 aliphatic rings. The van der Waals surface area contributed by atoms with Gasteiger partial charge >= 0.3 is 0 Å². The Hall–Kier alpha value is -2.41. The summed E-state index contributed by atoms with van der Waals surface area (Å²) in [4.78, 5) is 9.20. The van der Waals surface area contributed by atoms with Crippen LogP contribution in [0.15, 0.2) is 60.1 Å².